The van der Waals surface area contributed by atoms with Crippen molar-refractivity contribution in [2.24, 2.45) is 0 Å². The molecule has 1 heterocycles. The minimum atomic E-state index is -0.674. The lowest BCUT2D eigenvalue weighted by Crippen LogP contribution is -2.19. The van der Waals surface area contributed by atoms with Crippen molar-refractivity contribution in [2.45, 2.75) is 0 Å². The van der Waals surface area contributed by atoms with Crippen LogP contribution in [-0.4, -0.2) is 21.2 Å². The molecule has 1 aromatic heterocycles. The van der Waals surface area contributed by atoms with Crippen LogP contribution in [0.15, 0.2) is 48.5 Å². The second-order valence-corrected chi connectivity index (χ2v) is 5.76. The second kappa shape index (κ2) is 7.01. The number of anilines is 2. The summed E-state index contributed by atoms with van der Waals surface area (Å²) in [5.41, 5.74) is 0.470. The summed E-state index contributed by atoms with van der Waals surface area (Å²) in [6, 6.07) is 11.0. The zero-order valence-corrected chi connectivity index (χ0v) is 13.3. The molecule has 3 rings (SSSR count). The maximum Gasteiger partial charge on any atom is 0.325 e. The Bertz CT molecular complexity index is 946. The third-order valence-corrected chi connectivity index (χ3v) is 3.96. The Morgan fingerprint density at radius 2 is 1.92 bits per heavy atom. The molecule has 0 bridgehead atoms. The Hall–Kier alpha value is -3.40. The normalized spacial score (nSPS) is 10.3. The van der Waals surface area contributed by atoms with E-state index in [-0.39, 0.29) is 16.5 Å². The monoisotopic (exact) mass is 359 g/mol. The Morgan fingerprint density at radius 3 is 2.68 bits per heavy atom. The van der Waals surface area contributed by atoms with Gasteiger partial charge < -0.3 is 5.32 Å². The molecule has 25 heavy (non-hydrogen) atoms. The molecule has 10 heteroatoms. The van der Waals surface area contributed by atoms with Crippen LogP contribution < -0.4 is 10.6 Å². The Kier molecular flexibility index (Phi) is 4.61. The molecule has 0 aliphatic heterocycles. The predicted octanol–water partition coefficient (Wildman–Crippen LogP) is 3.90. The van der Waals surface area contributed by atoms with E-state index in [9.17, 15) is 19.3 Å². The van der Waals surface area contributed by atoms with Gasteiger partial charge in [0.05, 0.1) is 10.6 Å². The van der Waals surface area contributed by atoms with Crippen LogP contribution in [0.2, 0.25) is 0 Å². The molecule has 126 valence electrons. The van der Waals surface area contributed by atoms with Crippen LogP contribution in [0.25, 0.3) is 10.6 Å². The van der Waals surface area contributed by atoms with Crippen LogP contribution >= 0.6 is 11.3 Å². The molecule has 0 saturated carbocycles. The Balaban J connectivity index is 1.71. The van der Waals surface area contributed by atoms with E-state index >= 15 is 0 Å². The smallest absolute Gasteiger partial charge is 0.305 e. The van der Waals surface area contributed by atoms with E-state index in [0.29, 0.717) is 10.6 Å². The van der Waals surface area contributed by atoms with Gasteiger partial charge in [0.15, 0.2) is 0 Å². The maximum atomic E-state index is 13.5. The third kappa shape index (κ3) is 3.93. The number of halogens is 1. The van der Waals surface area contributed by atoms with Gasteiger partial charge in [-0.25, -0.2) is 9.18 Å². The van der Waals surface area contributed by atoms with Crippen molar-refractivity contribution in [3.8, 4) is 10.6 Å². The zero-order valence-electron chi connectivity index (χ0n) is 12.5. The maximum absolute atomic E-state index is 13.5. The van der Waals surface area contributed by atoms with E-state index in [2.05, 4.69) is 20.8 Å². The number of amides is 2. The number of carbonyl (C=O) groups excluding carboxylic acids is 1. The molecule has 0 aliphatic carbocycles. The number of carbonyl (C=O) groups is 1. The Labute approximate surface area is 144 Å². The van der Waals surface area contributed by atoms with Crippen LogP contribution in [0.3, 0.4) is 0 Å². The number of hydrogen-bond acceptors (Lipinski definition) is 6. The van der Waals surface area contributed by atoms with Gasteiger partial charge >= 0.3 is 6.03 Å². The van der Waals surface area contributed by atoms with Crippen LogP contribution in [0, 0.1) is 15.9 Å². The molecule has 0 aliphatic rings. The van der Waals surface area contributed by atoms with Gasteiger partial charge in [0.2, 0.25) is 5.13 Å². The topological polar surface area (TPSA) is 110 Å². The summed E-state index contributed by atoms with van der Waals surface area (Å²) < 4.78 is 13.5. The fraction of sp³-hybridized carbons (Fsp3) is 0. The van der Waals surface area contributed by atoms with Crippen molar-refractivity contribution in [1.29, 1.82) is 0 Å². The number of rotatable bonds is 4. The van der Waals surface area contributed by atoms with E-state index in [1.165, 1.54) is 36.4 Å². The summed E-state index contributed by atoms with van der Waals surface area (Å²) in [7, 11) is 0. The van der Waals surface area contributed by atoms with Crippen molar-refractivity contribution < 1.29 is 14.1 Å². The summed E-state index contributed by atoms with van der Waals surface area (Å²) in [6.45, 7) is 0. The highest BCUT2D eigenvalue weighted by Gasteiger charge is 2.13. The second-order valence-electron chi connectivity index (χ2n) is 4.78. The average Bonchev–Trinajstić information content (AvgIpc) is 3.05. The quantitative estimate of drug-likeness (QED) is 0.542. The zero-order chi connectivity index (χ0) is 17.8. The molecule has 8 nitrogen and oxygen atoms in total. The van der Waals surface area contributed by atoms with Crippen LogP contribution in [-0.2, 0) is 0 Å². The average molecular weight is 359 g/mol. The molecular formula is C15H10FN5O3S. The number of hydrogen-bond donors (Lipinski definition) is 2. The van der Waals surface area contributed by atoms with Gasteiger partial charge in [-0.1, -0.05) is 35.6 Å². The van der Waals surface area contributed by atoms with Crippen LogP contribution in [0.1, 0.15) is 0 Å². The van der Waals surface area contributed by atoms with Crippen molar-refractivity contribution in [3.05, 3.63) is 64.5 Å². The summed E-state index contributed by atoms with van der Waals surface area (Å²) in [6.07, 6.45) is 0. The Morgan fingerprint density at radius 1 is 1.12 bits per heavy atom. The number of nitrogens with zero attached hydrogens (tertiary/aromatic N) is 3. The number of aromatic nitrogens is 2. The lowest BCUT2D eigenvalue weighted by atomic mass is 10.2. The number of para-hydroxylation sites is 1. The van der Waals surface area contributed by atoms with E-state index < -0.39 is 16.8 Å². The van der Waals surface area contributed by atoms with Crippen molar-refractivity contribution >= 4 is 33.9 Å². The standard InChI is InChI=1S/C15H10FN5O3S/c16-11-6-1-2-7-12(11)17-14(22)18-15-20-19-13(25-15)9-4-3-5-10(8-9)21(23)24/h1-8H,(H2,17,18,20,22). The number of nitrogens with one attached hydrogen (secondary N) is 2. The van der Waals surface area contributed by atoms with Gasteiger partial charge in [-0.3, -0.25) is 15.4 Å². The fourth-order valence-corrected chi connectivity index (χ4v) is 2.69. The first kappa shape index (κ1) is 16.5. The lowest BCUT2D eigenvalue weighted by Gasteiger charge is -2.05. The van der Waals surface area contributed by atoms with Crippen LogP contribution in [0.5, 0.6) is 0 Å². The van der Waals surface area contributed by atoms with Crippen molar-refractivity contribution in [3.63, 3.8) is 0 Å². The highest BCUT2D eigenvalue weighted by atomic mass is 32.1. The first-order valence-electron chi connectivity index (χ1n) is 6.94. The number of urea groups is 1. The van der Waals surface area contributed by atoms with Gasteiger partial charge in [0.25, 0.3) is 5.69 Å². The van der Waals surface area contributed by atoms with Gasteiger partial charge in [-0.05, 0) is 12.1 Å². The van der Waals surface area contributed by atoms with Gasteiger partial charge in [-0.2, -0.15) is 0 Å². The van der Waals surface area contributed by atoms with Crippen molar-refractivity contribution in [2.75, 3.05) is 10.6 Å². The SMILES string of the molecule is O=C(Nc1nnc(-c2cccc([N+](=O)[O-])c2)s1)Nc1ccccc1F. The minimum Gasteiger partial charge on any atom is -0.305 e. The summed E-state index contributed by atoms with van der Waals surface area (Å²) in [4.78, 5) is 22.2. The first-order valence-corrected chi connectivity index (χ1v) is 7.75. The molecule has 0 fully saturated rings. The summed E-state index contributed by atoms with van der Waals surface area (Å²) in [5.74, 6) is -0.563. The summed E-state index contributed by atoms with van der Waals surface area (Å²) in [5, 5.41) is 23.9. The molecule has 2 aromatic carbocycles. The van der Waals surface area contributed by atoms with E-state index in [1.807, 2.05) is 0 Å². The van der Waals surface area contributed by atoms with E-state index in [0.717, 1.165) is 11.3 Å². The molecule has 0 radical (unpaired) electrons. The molecule has 0 saturated heterocycles. The minimum absolute atomic E-state index is 0.0309. The molecule has 0 unspecified atom stereocenters. The number of nitro groups is 1. The number of non-ortho nitro benzene ring substituents is 1. The van der Waals surface area contributed by atoms with Gasteiger partial charge in [0, 0.05) is 17.7 Å². The fourth-order valence-electron chi connectivity index (χ4n) is 1.96. The number of benzene rings is 2. The third-order valence-electron chi connectivity index (χ3n) is 3.07. The summed E-state index contributed by atoms with van der Waals surface area (Å²) >= 11 is 1.04. The molecule has 0 spiro atoms. The molecule has 3 aromatic rings. The van der Waals surface area contributed by atoms with Crippen LogP contribution in [0.4, 0.5) is 25.7 Å². The van der Waals surface area contributed by atoms with Crippen molar-refractivity contribution in [1.82, 2.24) is 10.2 Å². The highest BCUT2D eigenvalue weighted by Crippen LogP contribution is 2.28. The molecule has 2 N–H and O–H groups in total. The van der Waals surface area contributed by atoms with Gasteiger partial charge in [0.1, 0.15) is 10.8 Å². The van der Waals surface area contributed by atoms with E-state index in [4.69, 9.17) is 0 Å². The predicted molar refractivity (Wildman–Crippen MR) is 91.0 cm³/mol. The van der Waals surface area contributed by atoms with E-state index in [1.54, 1.807) is 12.1 Å². The molecule has 0 atom stereocenters. The molecule has 2 amide bonds. The number of nitro benzene ring substituents is 1. The largest absolute Gasteiger partial charge is 0.325 e. The van der Waals surface area contributed by atoms with Gasteiger partial charge in [-0.15, -0.1) is 10.2 Å². The first-order chi connectivity index (χ1) is 12.0. The lowest BCUT2D eigenvalue weighted by molar-refractivity contribution is -0.384. The highest BCUT2D eigenvalue weighted by molar-refractivity contribution is 7.18. The molecular weight excluding hydrogens is 349 g/mol.